The Morgan fingerprint density at radius 3 is 3.00 bits per heavy atom. The van der Waals surface area contributed by atoms with Crippen molar-refractivity contribution in [2.45, 2.75) is 19.9 Å². The highest BCUT2D eigenvalue weighted by molar-refractivity contribution is 7.14. The molecule has 2 N–H and O–H groups in total. The largest absolute Gasteiger partial charge is 0.350 e. The summed E-state index contributed by atoms with van der Waals surface area (Å²) in [4.78, 5) is 34.3. The number of rotatable bonds is 5. The van der Waals surface area contributed by atoms with Gasteiger partial charge in [-0.15, -0.1) is 11.3 Å². The van der Waals surface area contributed by atoms with Crippen LogP contribution in [-0.2, 0) is 17.8 Å². The molecule has 9 heteroatoms. The Kier molecular flexibility index (Phi) is 4.29. The molecule has 0 atom stereocenters. The van der Waals surface area contributed by atoms with Crippen molar-refractivity contribution in [2.24, 2.45) is 0 Å². The number of hydrogen-bond acceptors (Lipinski definition) is 5. The van der Waals surface area contributed by atoms with Gasteiger partial charge in [-0.05, 0) is 19.1 Å². The molecule has 0 aromatic carbocycles. The van der Waals surface area contributed by atoms with E-state index in [-0.39, 0.29) is 18.4 Å². The molecule has 0 aliphatic carbocycles. The van der Waals surface area contributed by atoms with Gasteiger partial charge in [0.05, 0.1) is 24.4 Å². The summed E-state index contributed by atoms with van der Waals surface area (Å²) in [6.45, 7) is 3.60. The average Bonchev–Trinajstić information content (AvgIpc) is 3.33. The van der Waals surface area contributed by atoms with Crippen LogP contribution in [-0.4, -0.2) is 39.4 Å². The van der Waals surface area contributed by atoms with Gasteiger partial charge in [0.1, 0.15) is 5.65 Å². The Morgan fingerprint density at radius 1 is 1.35 bits per heavy atom. The van der Waals surface area contributed by atoms with Crippen molar-refractivity contribution >= 4 is 34.1 Å². The molecule has 1 saturated heterocycles. The molecule has 0 spiro atoms. The predicted molar refractivity (Wildman–Crippen MR) is 98.3 cm³/mol. The normalized spacial score (nSPS) is 14.0. The number of amides is 3. The lowest BCUT2D eigenvalue weighted by atomic mass is 10.3. The van der Waals surface area contributed by atoms with Crippen LogP contribution in [0.15, 0.2) is 29.8 Å². The molecule has 4 rings (SSSR count). The number of hydrogen-bond donors (Lipinski definition) is 2. The number of imidazole rings is 1. The minimum Gasteiger partial charge on any atom is -0.350 e. The van der Waals surface area contributed by atoms with Crippen LogP contribution in [0.1, 0.15) is 17.1 Å². The van der Waals surface area contributed by atoms with E-state index in [0.29, 0.717) is 30.5 Å². The topological polar surface area (TPSA) is 91.6 Å². The molecule has 134 valence electrons. The van der Waals surface area contributed by atoms with Crippen molar-refractivity contribution in [1.29, 1.82) is 0 Å². The molecular weight excluding hydrogens is 352 g/mol. The number of thiazole rings is 1. The summed E-state index contributed by atoms with van der Waals surface area (Å²) in [6, 6.07) is 5.76. The van der Waals surface area contributed by atoms with Gasteiger partial charge in [0.25, 0.3) is 0 Å². The minimum absolute atomic E-state index is 0.124. The number of anilines is 1. The first kappa shape index (κ1) is 16.5. The maximum Gasteiger partial charge on any atom is 0.323 e. The number of carbonyl (C=O) groups is 2. The van der Waals surface area contributed by atoms with E-state index in [0.717, 1.165) is 17.0 Å². The molecule has 4 heterocycles. The standard InChI is InChI=1S/C17H18N6O2S/c1-11-3-2-4-14-20-13(9-23(11)14)8-19-15(24)7-12-10-26-17(21-12)22-6-5-18-16(22)25/h2-4,9-10H,5-8H2,1H3,(H,18,25)(H,19,24). The lowest BCUT2D eigenvalue weighted by Gasteiger charge is -2.08. The number of carbonyl (C=O) groups excluding carboxylic acids is 2. The Bertz CT molecular complexity index is 979. The second-order valence-electron chi connectivity index (χ2n) is 6.09. The maximum absolute atomic E-state index is 12.2. The molecule has 0 unspecified atom stereocenters. The van der Waals surface area contributed by atoms with Crippen LogP contribution in [0.3, 0.4) is 0 Å². The molecule has 1 aliphatic rings. The van der Waals surface area contributed by atoms with E-state index < -0.39 is 0 Å². The van der Waals surface area contributed by atoms with E-state index in [1.165, 1.54) is 11.3 Å². The van der Waals surface area contributed by atoms with Gasteiger partial charge in [-0.2, -0.15) is 0 Å². The lowest BCUT2D eigenvalue weighted by Crippen LogP contribution is -2.28. The van der Waals surface area contributed by atoms with Crippen molar-refractivity contribution in [3.8, 4) is 0 Å². The number of aryl methyl sites for hydroxylation is 1. The first-order valence-corrected chi connectivity index (χ1v) is 9.18. The first-order valence-electron chi connectivity index (χ1n) is 8.30. The summed E-state index contributed by atoms with van der Waals surface area (Å²) < 4.78 is 2.00. The zero-order valence-electron chi connectivity index (χ0n) is 14.2. The SMILES string of the molecule is Cc1cccc2nc(CNC(=O)Cc3csc(N4CCNC4=O)n3)cn12. The van der Waals surface area contributed by atoms with Crippen LogP contribution < -0.4 is 15.5 Å². The molecule has 0 radical (unpaired) electrons. The summed E-state index contributed by atoms with van der Waals surface area (Å²) in [5.41, 5.74) is 3.42. The molecule has 3 aromatic heterocycles. The summed E-state index contributed by atoms with van der Waals surface area (Å²) >= 11 is 1.37. The van der Waals surface area contributed by atoms with E-state index in [1.54, 1.807) is 4.90 Å². The third-order valence-electron chi connectivity index (χ3n) is 4.18. The molecule has 3 amide bonds. The zero-order valence-corrected chi connectivity index (χ0v) is 15.0. The maximum atomic E-state index is 12.2. The van der Waals surface area contributed by atoms with Crippen molar-refractivity contribution < 1.29 is 9.59 Å². The first-order chi connectivity index (χ1) is 12.6. The van der Waals surface area contributed by atoms with Gasteiger partial charge in [0.2, 0.25) is 5.91 Å². The Labute approximate surface area is 153 Å². The van der Waals surface area contributed by atoms with Gasteiger partial charge < -0.3 is 15.0 Å². The smallest absolute Gasteiger partial charge is 0.323 e. The fourth-order valence-corrected chi connectivity index (χ4v) is 3.70. The summed E-state index contributed by atoms with van der Waals surface area (Å²) in [6.07, 6.45) is 2.11. The Balaban J connectivity index is 1.36. The van der Waals surface area contributed by atoms with Gasteiger partial charge in [-0.25, -0.2) is 14.8 Å². The highest BCUT2D eigenvalue weighted by Gasteiger charge is 2.24. The highest BCUT2D eigenvalue weighted by Crippen LogP contribution is 2.22. The third-order valence-corrected chi connectivity index (χ3v) is 5.09. The van der Waals surface area contributed by atoms with Crippen LogP contribution in [0.4, 0.5) is 9.93 Å². The molecule has 1 fully saturated rings. The van der Waals surface area contributed by atoms with Crippen LogP contribution in [0.2, 0.25) is 0 Å². The monoisotopic (exact) mass is 370 g/mol. The molecule has 1 aliphatic heterocycles. The van der Waals surface area contributed by atoms with Crippen molar-refractivity contribution in [2.75, 3.05) is 18.0 Å². The quantitative estimate of drug-likeness (QED) is 0.712. The molecule has 26 heavy (non-hydrogen) atoms. The fraction of sp³-hybridized carbons (Fsp3) is 0.294. The summed E-state index contributed by atoms with van der Waals surface area (Å²) in [5.74, 6) is -0.124. The van der Waals surface area contributed by atoms with Crippen molar-refractivity contribution in [3.05, 3.63) is 46.9 Å². The molecule has 3 aromatic rings. The molecule has 0 bridgehead atoms. The Morgan fingerprint density at radius 2 is 2.23 bits per heavy atom. The van der Waals surface area contributed by atoms with E-state index in [1.807, 2.05) is 41.1 Å². The van der Waals surface area contributed by atoms with Gasteiger partial charge in [0, 0.05) is 30.4 Å². The second kappa shape index (κ2) is 6.75. The van der Waals surface area contributed by atoms with Crippen molar-refractivity contribution in [1.82, 2.24) is 25.0 Å². The zero-order chi connectivity index (χ0) is 18.1. The number of nitrogens with zero attached hydrogens (tertiary/aromatic N) is 4. The minimum atomic E-state index is -0.141. The average molecular weight is 370 g/mol. The predicted octanol–water partition coefficient (Wildman–Crippen LogP) is 1.49. The van der Waals surface area contributed by atoms with Crippen LogP contribution in [0.25, 0.3) is 5.65 Å². The van der Waals surface area contributed by atoms with Gasteiger partial charge >= 0.3 is 6.03 Å². The van der Waals surface area contributed by atoms with Gasteiger partial charge in [0.15, 0.2) is 5.13 Å². The number of aromatic nitrogens is 3. The van der Waals surface area contributed by atoms with E-state index >= 15 is 0 Å². The van der Waals surface area contributed by atoms with Gasteiger partial charge in [-0.1, -0.05) is 6.07 Å². The van der Waals surface area contributed by atoms with Crippen molar-refractivity contribution in [3.63, 3.8) is 0 Å². The second-order valence-corrected chi connectivity index (χ2v) is 6.92. The Hall–Kier alpha value is -2.94. The third kappa shape index (κ3) is 3.25. The summed E-state index contributed by atoms with van der Waals surface area (Å²) in [7, 11) is 0. The number of fused-ring (bicyclic) bond motifs is 1. The molecular formula is C17H18N6O2S. The summed E-state index contributed by atoms with van der Waals surface area (Å²) in [5, 5.41) is 8.05. The van der Waals surface area contributed by atoms with Crippen LogP contribution in [0.5, 0.6) is 0 Å². The highest BCUT2D eigenvalue weighted by atomic mass is 32.1. The number of urea groups is 1. The van der Waals surface area contributed by atoms with E-state index in [9.17, 15) is 9.59 Å². The molecule has 8 nitrogen and oxygen atoms in total. The number of nitrogens with one attached hydrogen (secondary N) is 2. The van der Waals surface area contributed by atoms with E-state index in [4.69, 9.17) is 0 Å². The lowest BCUT2D eigenvalue weighted by molar-refractivity contribution is -0.120. The number of pyridine rings is 1. The van der Waals surface area contributed by atoms with E-state index in [2.05, 4.69) is 20.6 Å². The van der Waals surface area contributed by atoms with Crippen LogP contribution in [0, 0.1) is 6.92 Å². The fourth-order valence-electron chi connectivity index (χ4n) is 2.86. The van der Waals surface area contributed by atoms with Gasteiger partial charge in [-0.3, -0.25) is 9.69 Å². The molecule has 0 saturated carbocycles. The van der Waals surface area contributed by atoms with Crippen LogP contribution >= 0.6 is 11.3 Å².